The smallest absolute Gasteiger partial charge is 0.279 e. The maximum Gasteiger partial charge on any atom is 0.279 e. The number of amides is 2. The van der Waals surface area contributed by atoms with Gasteiger partial charge in [0.15, 0.2) is 0 Å². The maximum atomic E-state index is 14.1. The van der Waals surface area contributed by atoms with Gasteiger partial charge in [0.05, 0.1) is 36.9 Å². The van der Waals surface area contributed by atoms with Crippen LogP contribution < -0.4 is 29.1 Å². The van der Waals surface area contributed by atoms with Gasteiger partial charge in [0, 0.05) is 89.4 Å². The first-order valence-electron chi connectivity index (χ1n) is 22.8. The Morgan fingerprint density at radius 3 is 1.66 bits per heavy atom. The number of aromatic amines is 2. The summed E-state index contributed by atoms with van der Waals surface area (Å²) in [6.45, 7) is 2.11. The molecule has 8 aromatic rings. The van der Waals surface area contributed by atoms with Crippen LogP contribution in [0, 0.1) is 20.2 Å². The second-order valence-electron chi connectivity index (χ2n) is 17.9. The second-order valence-corrected chi connectivity index (χ2v) is 20.8. The van der Waals surface area contributed by atoms with Gasteiger partial charge in [-0.05, 0) is 102 Å². The molecular weight excluding hydrogens is 1040 g/mol. The lowest BCUT2D eigenvalue weighted by atomic mass is 9.94. The lowest BCUT2D eigenvalue weighted by molar-refractivity contribution is -0.383. The maximum absolute atomic E-state index is 14.1. The van der Waals surface area contributed by atoms with Gasteiger partial charge in [0.25, 0.3) is 34.5 Å². The van der Waals surface area contributed by atoms with Crippen molar-refractivity contribution in [3.05, 3.63) is 140 Å². The fourth-order valence-corrected chi connectivity index (χ4v) is 11.3. The molecular formula is C49H43Cl2N9O12S2. The summed E-state index contributed by atoms with van der Waals surface area (Å²) in [5.41, 5.74) is 3.36. The Balaban J connectivity index is 0.756. The lowest BCUT2D eigenvalue weighted by Gasteiger charge is -2.17. The van der Waals surface area contributed by atoms with Gasteiger partial charge in [0.2, 0.25) is 10.0 Å². The summed E-state index contributed by atoms with van der Waals surface area (Å²) in [5.74, 6) is -0.175. The normalized spacial score (nSPS) is 15.8. The minimum atomic E-state index is -4.15. The monoisotopic (exact) mass is 1080 g/mol. The van der Waals surface area contributed by atoms with Crippen LogP contribution >= 0.6 is 23.2 Å². The molecule has 3 unspecified atom stereocenters. The molecule has 0 bridgehead atoms. The number of non-ortho nitro benzene ring substituents is 2. The number of anilines is 3. The number of nitro benzene ring substituents is 2. The first-order valence-corrected chi connectivity index (χ1v) is 26.5. The predicted molar refractivity (Wildman–Crippen MR) is 282 cm³/mol. The molecule has 0 spiro atoms. The average Bonchev–Trinajstić information content (AvgIpc) is 4.17. The second kappa shape index (κ2) is 19.8. The van der Waals surface area contributed by atoms with Crippen LogP contribution in [-0.4, -0.2) is 112 Å². The Bertz CT molecular complexity index is 3800. The summed E-state index contributed by atoms with van der Waals surface area (Å²) in [7, 11) is -2.22. The van der Waals surface area contributed by atoms with Crippen LogP contribution in [-0.2, 0) is 21.3 Å². The van der Waals surface area contributed by atoms with Crippen LogP contribution in [0.3, 0.4) is 0 Å². The molecule has 0 fully saturated rings. The van der Waals surface area contributed by atoms with Crippen molar-refractivity contribution in [3.8, 4) is 11.5 Å². The average molecular weight is 1080 g/mol. The molecule has 0 radical (unpaired) electrons. The predicted octanol–water partition coefficient (Wildman–Crippen LogP) is 8.32. The Morgan fingerprint density at radius 2 is 1.22 bits per heavy atom. The van der Waals surface area contributed by atoms with Crippen molar-refractivity contribution in [2.45, 2.75) is 16.7 Å². The number of nitrogens with one attached hydrogen (secondary N) is 3. The molecule has 0 aliphatic carbocycles. The SMILES string of the molecule is CN(CCOc1ccc2[nH]c(C(=O)N3CC(CCl)c4c3cc([N+](=O)[O-])c3cc(NS(=O)O)ccc43)cc2c1)CCOc1ccc2[nH]c(C(=O)N3CC(CCl)c4c3cc([N+](=O)[O-])c3cc(S(N)(=O)=O)ccc43)cc2c1. The topological polar surface area (TPSA) is 290 Å². The van der Waals surface area contributed by atoms with Crippen molar-refractivity contribution >= 4 is 128 Å². The fourth-order valence-electron chi connectivity index (χ4n) is 9.88. The van der Waals surface area contributed by atoms with E-state index >= 15 is 0 Å². The first-order chi connectivity index (χ1) is 35.4. The minimum Gasteiger partial charge on any atom is -0.492 e. The highest BCUT2D eigenvalue weighted by molar-refractivity contribution is 7.89. The number of alkyl halides is 2. The number of halogens is 2. The van der Waals surface area contributed by atoms with E-state index in [1.54, 1.807) is 48.5 Å². The molecule has 6 aromatic carbocycles. The Kier molecular flexibility index (Phi) is 13.4. The number of carbonyl (C=O) groups is 2. The number of ether oxygens (including phenoxy) is 2. The first kappa shape index (κ1) is 50.2. The molecule has 25 heteroatoms. The van der Waals surface area contributed by atoms with Crippen LogP contribution in [0.4, 0.5) is 28.4 Å². The third-order valence-electron chi connectivity index (χ3n) is 13.4. The summed E-state index contributed by atoms with van der Waals surface area (Å²) in [6, 6.07) is 25.3. The highest BCUT2D eigenvalue weighted by Crippen LogP contribution is 2.48. The largest absolute Gasteiger partial charge is 0.492 e. The Labute approximate surface area is 432 Å². The molecule has 6 N–H and O–H groups in total. The number of aromatic nitrogens is 2. The third kappa shape index (κ3) is 9.42. The number of nitrogens with two attached hydrogens (primary N) is 1. The van der Waals surface area contributed by atoms with E-state index in [0.717, 1.165) is 0 Å². The molecule has 382 valence electrons. The van der Waals surface area contributed by atoms with Gasteiger partial charge < -0.3 is 29.2 Å². The van der Waals surface area contributed by atoms with Crippen molar-refractivity contribution in [1.82, 2.24) is 14.9 Å². The molecule has 0 saturated heterocycles. The molecule has 2 aromatic heterocycles. The van der Waals surface area contributed by atoms with Crippen molar-refractivity contribution in [1.29, 1.82) is 0 Å². The Hall–Kier alpha value is -7.38. The summed E-state index contributed by atoms with van der Waals surface area (Å²) in [6.07, 6.45) is 0. The van der Waals surface area contributed by atoms with E-state index < -0.39 is 48.9 Å². The quantitative estimate of drug-likeness (QED) is 0.0248. The number of likely N-dealkylation sites (N-methyl/N-ethyl adjacent to an activating group) is 1. The van der Waals surface area contributed by atoms with Crippen LogP contribution in [0.2, 0.25) is 0 Å². The van der Waals surface area contributed by atoms with E-state index in [-0.39, 0.29) is 74.9 Å². The molecule has 0 saturated carbocycles. The number of hydrogen-bond acceptors (Lipinski definition) is 12. The van der Waals surface area contributed by atoms with Gasteiger partial charge in [-0.2, -0.15) is 0 Å². The summed E-state index contributed by atoms with van der Waals surface area (Å²) in [5, 5.41) is 32.5. The van der Waals surface area contributed by atoms with Gasteiger partial charge in [-0.25, -0.2) is 17.8 Å². The van der Waals surface area contributed by atoms with Gasteiger partial charge >= 0.3 is 0 Å². The zero-order chi connectivity index (χ0) is 52.3. The standard InChI is InChI=1S/C49H43Cl2N9O12S2/c1-56(10-12-71-31-3-8-38-26(14-31)16-40(53-38)48(61)57-24-28(22-50)46-34-6-2-30(55-73(67)68)18-36(34)42(59(63)64)20-44(46)57)11-13-72-32-4-9-39-27(15-32)17-41(54-39)49(62)58-25-29(23-51)47-35-7-5-33(74(52,69)70)19-37(35)43(60(65)66)21-45(47)58/h2-9,14-21,28-29,53-55H,10-13,22-25H2,1H3,(H,67,68)(H2,52,69,70). The van der Waals surface area contributed by atoms with E-state index in [2.05, 4.69) is 14.7 Å². The molecule has 74 heavy (non-hydrogen) atoms. The molecule has 2 aliphatic heterocycles. The summed E-state index contributed by atoms with van der Waals surface area (Å²) >= 11 is 10.4. The summed E-state index contributed by atoms with van der Waals surface area (Å²) in [4.78, 5) is 62.6. The van der Waals surface area contributed by atoms with Crippen LogP contribution in [0.1, 0.15) is 43.9 Å². The number of primary sulfonamides is 1. The van der Waals surface area contributed by atoms with E-state index in [0.29, 0.717) is 92.9 Å². The number of fused-ring (bicyclic) bond motifs is 8. The van der Waals surface area contributed by atoms with Gasteiger partial charge in [-0.15, -0.1) is 23.2 Å². The minimum absolute atomic E-state index is 0.0716. The molecule has 3 atom stereocenters. The van der Waals surface area contributed by atoms with Crippen molar-refractivity contribution in [2.75, 3.05) is 72.7 Å². The number of rotatable bonds is 17. The van der Waals surface area contributed by atoms with Crippen LogP contribution in [0.25, 0.3) is 43.4 Å². The van der Waals surface area contributed by atoms with Gasteiger partial charge in [0.1, 0.15) is 36.1 Å². The zero-order valence-electron chi connectivity index (χ0n) is 38.9. The molecule has 10 rings (SSSR count). The van der Waals surface area contributed by atoms with E-state index in [4.69, 9.17) is 37.8 Å². The van der Waals surface area contributed by atoms with E-state index in [1.165, 1.54) is 52.3 Å². The van der Waals surface area contributed by atoms with E-state index in [1.807, 2.05) is 18.0 Å². The Morgan fingerprint density at radius 1 is 0.743 bits per heavy atom. The van der Waals surface area contributed by atoms with Crippen molar-refractivity contribution in [2.24, 2.45) is 5.14 Å². The number of hydrogen-bond donors (Lipinski definition) is 5. The van der Waals surface area contributed by atoms with Crippen LogP contribution in [0.15, 0.2) is 102 Å². The van der Waals surface area contributed by atoms with E-state index in [9.17, 15) is 47.0 Å². The fraction of sp³-hybridized carbons (Fsp3) is 0.224. The number of carbonyl (C=O) groups excluding carboxylic acids is 2. The molecule has 2 amide bonds. The van der Waals surface area contributed by atoms with Gasteiger partial charge in [-0.1, -0.05) is 12.1 Å². The number of nitrogens with zero attached hydrogens (tertiary/aromatic N) is 5. The number of H-pyrrole nitrogens is 2. The molecule has 21 nitrogen and oxygen atoms in total. The highest BCUT2D eigenvalue weighted by Gasteiger charge is 2.39. The number of nitro groups is 2. The van der Waals surface area contributed by atoms with Crippen LogP contribution in [0.5, 0.6) is 11.5 Å². The lowest BCUT2D eigenvalue weighted by Crippen LogP contribution is -2.30. The number of benzene rings is 6. The van der Waals surface area contributed by atoms with Crippen molar-refractivity contribution < 1.29 is 46.1 Å². The highest BCUT2D eigenvalue weighted by atomic mass is 35.5. The zero-order valence-corrected chi connectivity index (χ0v) is 42.0. The summed E-state index contributed by atoms with van der Waals surface area (Å²) < 4.78 is 59.4. The molecule has 2 aliphatic rings. The van der Waals surface area contributed by atoms with Crippen molar-refractivity contribution in [3.63, 3.8) is 0 Å². The van der Waals surface area contributed by atoms with Gasteiger partial charge in [-0.3, -0.25) is 44.0 Å². The molecule has 4 heterocycles. The number of sulfonamides is 1. The third-order valence-corrected chi connectivity index (χ3v) is 15.4.